The molecular formula is C13H12F3N3. The monoisotopic (exact) mass is 267 g/mol. The number of anilines is 1. The van der Waals surface area contributed by atoms with Gasteiger partial charge in [-0.2, -0.15) is 18.4 Å². The summed E-state index contributed by atoms with van der Waals surface area (Å²) >= 11 is 0. The smallest absolute Gasteiger partial charge is 0.366 e. The summed E-state index contributed by atoms with van der Waals surface area (Å²) < 4.78 is 37.8. The summed E-state index contributed by atoms with van der Waals surface area (Å²) in [7, 11) is 0. The van der Waals surface area contributed by atoms with Crippen molar-refractivity contribution in [3.8, 4) is 6.07 Å². The van der Waals surface area contributed by atoms with Crippen molar-refractivity contribution in [3.05, 3.63) is 35.5 Å². The largest absolute Gasteiger partial charge is 0.433 e. The van der Waals surface area contributed by atoms with Crippen LogP contribution >= 0.6 is 0 Å². The van der Waals surface area contributed by atoms with Gasteiger partial charge < -0.3 is 5.32 Å². The van der Waals surface area contributed by atoms with Crippen molar-refractivity contribution < 1.29 is 13.2 Å². The Bertz CT molecular complexity index is 529. The highest BCUT2D eigenvalue weighted by Crippen LogP contribution is 2.30. The minimum absolute atomic E-state index is 0.0117. The Hall–Kier alpha value is -2.03. The Labute approximate surface area is 108 Å². The summed E-state index contributed by atoms with van der Waals surface area (Å²) in [6.45, 7) is 0. The number of aromatic nitrogens is 1. The van der Waals surface area contributed by atoms with Crippen LogP contribution in [0.5, 0.6) is 0 Å². The van der Waals surface area contributed by atoms with E-state index in [1.165, 1.54) is 0 Å². The van der Waals surface area contributed by atoms with Gasteiger partial charge in [-0.05, 0) is 31.4 Å². The SMILES string of the molecule is N#Cc1ccc(C(F)(F)F)nc1NC1CC=CCC1. The van der Waals surface area contributed by atoms with Gasteiger partial charge >= 0.3 is 6.18 Å². The van der Waals surface area contributed by atoms with Gasteiger partial charge in [0.15, 0.2) is 0 Å². The first kappa shape index (κ1) is 13.4. The lowest BCUT2D eigenvalue weighted by Crippen LogP contribution is -2.22. The maximum Gasteiger partial charge on any atom is 0.433 e. The maximum atomic E-state index is 12.6. The van der Waals surface area contributed by atoms with Crippen molar-refractivity contribution in [2.45, 2.75) is 31.5 Å². The van der Waals surface area contributed by atoms with Crippen LogP contribution in [0.25, 0.3) is 0 Å². The second-order valence-corrected chi connectivity index (χ2v) is 4.33. The van der Waals surface area contributed by atoms with Crippen molar-refractivity contribution in [2.75, 3.05) is 5.32 Å². The van der Waals surface area contributed by atoms with Crippen molar-refractivity contribution in [1.82, 2.24) is 4.98 Å². The van der Waals surface area contributed by atoms with Gasteiger partial charge in [0.1, 0.15) is 17.6 Å². The third-order valence-electron chi connectivity index (χ3n) is 2.92. The molecule has 0 saturated heterocycles. The van der Waals surface area contributed by atoms with Crippen LogP contribution in [0.4, 0.5) is 19.0 Å². The molecule has 1 aliphatic rings. The number of nitrogens with one attached hydrogen (secondary N) is 1. The van der Waals surface area contributed by atoms with E-state index in [-0.39, 0.29) is 17.4 Å². The molecule has 6 heteroatoms. The average Bonchev–Trinajstić information content (AvgIpc) is 2.39. The zero-order valence-electron chi connectivity index (χ0n) is 10.0. The lowest BCUT2D eigenvalue weighted by Gasteiger charge is -2.21. The number of rotatable bonds is 2. The fourth-order valence-electron chi connectivity index (χ4n) is 1.94. The summed E-state index contributed by atoms with van der Waals surface area (Å²) in [6.07, 6.45) is 1.92. The first-order valence-corrected chi connectivity index (χ1v) is 5.90. The predicted octanol–water partition coefficient (Wildman–Crippen LogP) is 3.49. The number of alkyl halides is 3. The molecule has 1 unspecified atom stereocenters. The number of hydrogen-bond acceptors (Lipinski definition) is 3. The molecule has 1 aromatic heterocycles. The quantitative estimate of drug-likeness (QED) is 0.834. The van der Waals surface area contributed by atoms with Gasteiger partial charge in [-0.15, -0.1) is 0 Å². The van der Waals surface area contributed by atoms with E-state index in [4.69, 9.17) is 5.26 Å². The maximum absolute atomic E-state index is 12.6. The van der Waals surface area contributed by atoms with E-state index in [2.05, 4.69) is 10.3 Å². The molecule has 3 nitrogen and oxygen atoms in total. The number of pyridine rings is 1. The zero-order chi connectivity index (χ0) is 13.9. The Balaban J connectivity index is 2.26. The third kappa shape index (κ3) is 3.25. The Morgan fingerprint density at radius 2 is 2.11 bits per heavy atom. The molecule has 1 heterocycles. The second kappa shape index (κ2) is 5.31. The number of hydrogen-bond donors (Lipinski definition) is 1. The molecule has 0 radical (unpaired) electrons. The summed E-state index contributed by atoms with van der Waals surface area (Å²) in [5.41, 5.74) is -0.858. The second-order valence-electron chi connectivity index (χ2n) is 4.33. The van der Waals surface area contributed by atoms with Crippen LogP contribution in [0.15, 0.2) is 24.3 Å². The molecule has 0 saturated carbocycles. The highest BCUT2D eigenvalue weighted by Gasteiger charge is 2.33. The van der Waals surface area contributed by atoms with Gasteiger partial charge in [0.2, 0.25) is 0 Å². The molecule has 100 valence electrons. The normalized spacial score (nSPS) is 18.9. The topological polar surface area (TPSA) is 48.7 Å². The number of allylic oxidation sites excluding steroid dienone is 1. The first-order chi connectivity index (χ1) is 9.00. The summed E-state index contributed by atoms with van der Waals surface area (Å²) in [6, 6.07) is 3.85. The summed E-state index contributed by atoms with van der Waals surface area (Å²) in [4.78, 5) is 3.53. The molecule has 0 spiro atoms. The number of nitriles is 1. The lowest BCUT2D eigenvalue weighted by molar-refractivity contribution is -0.141. The first-order valence-electron chi connectivity index (χ1n) is 5.90. The molecular weight excluding hydrogens is 255 g/mol. The van der Waals surface area contributed by atoms with Gasteiger partial charge in [-0.25, -0.2) is 4.98 Å². The third-order valence-corrected chi connectivity index (χ3v) is 2.92. The van der Waals surface area contributed by atoms with Gasteiger partial charge in [0.05, 0.1) is 5.56 Å². The Morgan fingerprint density at radius 3 is 2.68 bits per heavy atom. The Morgan fingerprint density at radius 1 is 1.32 bits per heavy atom. The molecule has 1 aliphatic carbocycles. The highest BCUT2D eigenvalue weighted by atomic mass is 19.4. The van der Waals surface area contributed by atoms with Crippen molar-refractivity contribution >= 4 is 5.82 Å². The van der Waals surface area contributed by atoms with E-state index in [0.29, 0.717) is 0 Å². The van der Waals surface area contributed by atoms with E-state index in [1.807, 2.05) is 18.2 Å². The van der Waals surface area contributed by atoms with Crippen molar-refractivity contribution in [1.29, 1.82) is 5.26 Å². The molecule has 0 fully saturated rings. The van der Waals surface area contributed by atoms with Gasteiger partial charge in [-0.1, -0.05) is 12.2 Å². The van der Waals surface area contributed by atoms with Crippen LogP contribution in [0.3, 0.4) is 0 Å². The van der Waals surface area contributed by atoms with Crippen LogP contribution in [0.2, 0.25) is 0 Å². The van der Waals surface area contributed by atoms with E-state index in [9.17, 15) is 13.2 Å². The minimum atomic E-state index is -4.50. The summed E-state index contributed by atoms with van der Waals surface area (Å²) in [5, 5.41) is 11.8. The van der Waals surface area contributed by atoms with E-state index >= 15 is 0 Å². The van der Waals surface area contributed by atoms with Crippen LogP contribution in [0.1, 0.15) is 30.5 Å². The fourth-order valence-corrected chi connectivity index (χ4v) is 1.94. The van der Waals surface area contributed by atoms with E-state index < -0.39 is 11.9 Å². The number of halogens is 3. The molecule has 1 atom stereocenters. The van der Waals surface area contributed by atoms with Crippen LogP contribution in [-0.2, 0) is 6.18 Å². The van der Waals surface area contributed by atoms with Crippen molar-refractivity contribution in [2.24, 2.45) is 0 Å². The van der Waals surface area contributed by atoms with E-state index in [1.54, 1.807) is 0 Å². The molecule has 2 rings (SSSR count). The van der Waals surface area contributed by atoms with E-state index in [0.717, 1.165) is 31.4 Å². The van der Waals surface area contributed by atoms with Crippen molar-refractivity contribution in [3.63, 3.8) is 0 Å². The standard InChI is InChI=1S/C13H12F3N3/c14-13(15,16)11-7-6-9(8-17)12(19-11)18-10-4-2-1-3-5-10/h1-2,6-7,10H,3-5H2,(H,18,19). The lowest BCUT2D eigenvalue weighted by atomic mass is 10.0. The van der Waals surface area contributed by atoms with Gasteiger partial charge in [0, 0.05) is 6.04 Å². The van der Waals surface area contributed by atoms with Crippen LogP contribution < -0.4 is 5.32 Å². The molecule has 0 amide bonds. The molecule has 19 heavy (non-hydrogen) atoms. The van der Waals surface area contributed by atoms with Gasteiger partial charge in [0.25, 0.3) is 0 Å². The predicted molar refractivity (Wildman–Crippen MR) is 64.4 cm³/mol. The minimum Gasteiger partial charge on any atom is -0.366 e. The molecule has 1 N–H and O–H groups in total. The average molecular weight is 267 g/mol. The van der Waals surface area contributed by atoms with Crippen LogP contribution in [0, 0.1) is 11.3 Å². The number of nitrogens with zero attached hydrogens (tertiary/aromatic N) is 2. The van der Waals surface area contributed by atoms with Gasteiger partial charge in [-0.3, -0.25) is 0 Å². The molecule has 0 bridgehead atoms. The molecule has 0 aromatic carbocycles. The zero-order valence-corrected chi connectivity index (χ0v) is 10.0. The summed E-state index contributed by atoms with van der Waals surface area (Å²) in [5.74, 6) is 0.0117. The molecule has 0 aliphatic heterocycles. The highest BCUT2D eigenvalue weighted by molar-refractivity contribution is 5.53. The fraction of sp³-hybridized carbons (Fsp3) is 0.385. The molecule has 1 aromatic rings. The Kier molecular flexibility index (Phi) is 3.74. The van der Waals surface area contributed by atoms with Crippen LogP contribution in [-0.4, -0.2) is 11.0 Å².